The second-order valence-corrected chi connectivity index (χ2v) is 4.48. The summed E-state index contributed by atoms with van der Waals surface area (Å²) in [6, 6.07) is 11.3. The van der Waals surface area contributed by atoms with Crippen LogP contribution >= 0.6 is 11.6 Å². The minimum absolute atomic E-state index is 0.549. The molecule has 92 valence electrons. The van der Waals surface area contributed by atoms with Crippen molar-refractivity contribution in [3.05, 3.63) is 52.5 Å². The number of carbonyl (C=O) groups excluding carboxylic acids is 1. The molecular formula is C15H13ClO2. The highest BCUT2D eigenvalue weighted by Gasteiger charge is 2.09. The van der Waals surface area contributed by atoms with Gasteiger partial charge in [-0.1, -0.05) is 23.7 Å². The van der Waals surface area contributed by atoms with Gasteiger partial charge in [-0.15, -0.1) is 0 Å². The number of aryl methyl sites for hydroxylation is 1. The van der Waals surface area contributed by atoms with Gasteiger partial charge in [0.1, 0.15) is 5.75 Å². The number of benzene rings is 2. The molecule has 0 saturated heterocycles. The molecule has 0 amide bonds. The Labute approximate surface area is 111 Å². The average Bonchev–Trinajstić information content (AvgIpc) is 2.37. The monoisotopic (exact) mass is 260 g/mol. The van der Waals surface area contributed by atoms with Gasteiger partial charge in [0.05, 0.1) is 12.7 Å². The normalized spacial score (nSPS) is 10.2. The molecule has 2 rings (SSSR count). The summed E-state index contributed by atoms with van der Waals surface area (Å²) < 4.78 is 5.22. The van der Waals surface area contributed by atoms with E-state index in [-0.39, 0.29) is 0 Å². The minimum Gasteiger partial charge on any atom is -0.496 e. The summed E-state index contributed by atoms with van der Waals surface area (Å²) in [5, 5.41) is 0.675. The van der Waals surface area contributed by atoms with E-state index in [0.29, 0.717) is 16.3 Å². The van der Waals surface area contributed by atoms with Crippen molar-refractivity contribution in [2.45, 2.75) is 6.92 Å². The third kappa shape index (κ3) is 2.39. The maximum absolute atomic E-state index is 11.1. The van der Waals surface area contributed by atoms with Crippen molar-refractivity contribution < 1.29 is 9.53 Å². The van der Waals surface area contributed by atoms with Crippen LogP contribution in [0.15, 0.2) is 36.4 Å². The Bertz CT molecular complexity index is 591. The fourth-order valence-electron chi connectivity index (χ4n) is 2.00. The van der Waals surface area contributed by atoms with Crippen molar-refractivity contribution in [1.29, 1.82) is 0 Å². The second-order valence-electron chi connectivity index (χ2n) is 4.04. The van der Waals surface area contributed by atoms with Gasteiger partial charge >= 0.3 is 0 Å². The van der Waals surface area contributed by atoms with Gasteiger partial charge in [-0.05, 0) is 47.9 Å². The largest absolute Gasteiger partial charge is 0.496 e. The predicted octanol–water partition coefficient (Wildman–Crippen LogP) is 4.14. The fraction of sp³-hybridized carbons (Fsp3) is 0.133. The summed E-state index contributed by atoms with van der Waals surface area (Å²) in [4.78, 5) is 11.1. The Morgan fingerprint density at radius 2 is 1.94 bits per heavy atom. The maximum Gasteiger partial charge on any atom is 0.153 e. The molecule has 0 heterocycles. The molecule has 0 aliphatic rings. The quantitative estimate of drug-likeness (QED) is 0.776. The summed E-state index contributed by atoms with van der Waals surface area (Å²) in [6.07, 6.45) is 0.805. The summed E-state index contributed by atoms with van der Waals surface area (Å²) in [6.45, 7) is 1.92. The molecule has 0 saturated carbocycles. The van der Waals surface area contributed by atoms with Crippen LogP contribution in [0.4, 0.5) is 0 Å². The van der Waals surface area contributed by atoms with Crippen LogP contribution in [0.1, 0.15) is 15.9 Å². The number of methoxy groups -OCH3 is 1. The molecule has 0 unspecified atom stereocenters. The van der Waals surface area contributed by atoms with Crippen LogP contribution in [0.25, 0.3) is 11.1 Å². The van der Waals surface area contributed by atoms with Crippen LogP contribution in [-0.2, 0) is 0 Å². The number of halogens is 1. The standard InChI is InChI=1S/C15H13ClO2/c1-10-6-12(7-13(9-17)15(10)18-2)11-4-3-5-14(16)8-11/h3-9H,1-2H3. The number of hydrogen-bond donors (Lipinski definition) is 0. The lowest BCUT2D eigenvalue weighted by molar-refractivity contribution is 0.112. The van der Waals surface area contributed by atoms with Gasteiger partial charge in [-0.25, -0.2) is 0 Å². The van der Waals surface area contributed by atoms with E-state index in [0.717, 1.165) is 23.0 Å². The molecule has 0 spiro atoms. The molecule has 0 radical (unpaired) electrons. The molecule has 0 aliphatic heterocycles. The lowest BCUT2D eigenvalue weighted by Gasteiger charge is -2.11. The van der Waals surface area contributed by atoms with E-state index in [1.165, 1.54) is 0 Å². The third-order valence-corrected chi connectivity index (χ3v) is 3.03. The maximum atomic E-state index is 11.1. The molecule has 0 N–H and O–H groups in total. The number of rotatable bonds is 3. The van der Waals surface area contributed by atoms with Gasteiger partial charge < -0.3 is 4.74 Å². The first-order valence-electron chi connectivity index (χ1n) is 5.55. The lowest BCUT2D eigenvalue weighted by Crippen LogP contribution is -1.94. The molecule has 0 aromatic heterocycles. The molecule has 2 aromatic carbocycles. The number of aldehydes is 1. The van der Waals surface area contributed by atoms with Crippen molar-refractivity contribution in [3.63, 3.8) is 0 Å². The van der Waals surface area contributed by atoms with Crippen LogP contribution in [0.3, 0.4) is 0 Å². The van der Waals surface area contributed by atoms with Gasteiger partial charge in [0, 0.05) is 5.02 Å². The molecule has 18 heavy (non-hydrogen) atoms. The van der Waals surface area contributed by atoms with Crippen molar-refractivity contribution in [2.24, 2.45) is 0 Å². The highest BCUT2D eigenvalue weighted by Crippen LogP contribution is 2.30. The Morgan fingerprint density at radius 1 is 1.17 bits per heavy atom. The molecule has 2 nitrogen and oxygen atoms in total. The van der Waals surface area contributed by atoms with Crippen molar-refractivity contribution >= 4 is 17.9 Å². The summed E-state index contributed by atoms with van der Waals surface area (Å²) in [7, 11) is 1.56. The first-order chi connectivity index (χ1) is 8.65. The molecular weight excluding hydrogens is 248 g/mol. The molecule has 0 bridgehead atoms. The van der Waals surface area contributed by atoms with E-state index in [9.17, 15) is 4.79 Å². The van der Waals surface area contributed by atoms with Crippen LogP contribution < -0.4 is 4.74 Å². The molecule has 0 atom stereocenters. The predicted molar refractivity (Wildman–Crippen MR) is 73.6 cm³/mol. The summed E-state index contributed by atoms with van der Waals surface area (Å²) >= 11 is 5.97. The van der Waals surface area contributed by atoms with Crippen LogP contribution in [0.2, 0.25) is 5.02 Å². The number of hydrogen-bond acceptors (Lipinski definition) is 2. The smallest absolute Gasteiger partial charge is 0.153 e. The average molecular weight is 261 g/mol. The SMILES string of the molecule is COc1c(C)cc(-c2cccc(Cl)c2)cc1C=O. The Balaban J connectivity index is 2.59. The van der Waals surface area contributed by atoms with E-state index in [1.807, 2.05) is 43.3 Å². The second kappa shape index (κ2) is 5.23. The topological polar surface area (TPSA) is 26.3 Å². The molecule has 3 heteroatoms. The molecule has 0 aliphatic carbocycles. The van der Waals surface area contributed by atoms with E-state index in [4.69, 9.17) is 16.3 Å². The third-order valence-electron chi connectivity index (χ3n) is 2.79. The van der Waals surface area contributed by atoms with E-state index >= 15 is 0 Å². The van der Waals surface area contributed by atoms with Gasteiger partial charge in [-0.3, -0.25) is 4.79 Å². The molecule has 0 fully saturated rings. The van der Waals surface area contributed by atoms with E-state index < -0.39 is 0 Å². The Morgan fingerprint density at radius 3 is 2.56 bits per heavy atom. The first-order valence-corrected chi connectivity index (χ1v) is 5.93. The Kier molecular flexibility index (Phi) is 3.68. The minimum atomic E-state index is 0.549. The van der Waals surface area contributed by atoms with Crippen molar-refractivity contribution in [1.82, 2.24) is 0 Å². The van der Waals surface area contributed by atoms with Crippen molar-refractivity contribution in [3.8, 4) is 16.9 Å². The lowest BCUT2D eigenvalue weighted by atomic mass is 9.99. The van der Waals surface area contributed by atoms with Gasteiger partial charge in [0.15, 0.2) is 6.29 Å². The van der Waals surface area contributed by atoms with Crippen LogP contribution in [-0.4, -0.2) is 13.4 Å². The van der Waals surface area contributed by atoms with Crippen LogP contribution in [0.5, 0.6) is 5.75 Å². The highest BCUT2D eigenvalue weighted by atomic mass is 35.5. The summed E-state index contributed by atoms with van der Waals surface area (Å²) in [5.41, 5.74) is 3.42. The van der Waals surface area contributed by atoms with Gasteiger partial charge in [0.2, 0.25) is 0 Å². The fourth-order valence-corrected chi connectivity index (χ4v) is 2.19. The molecule has 2 aromatic rings. The Hall–Kier alpha value is -1.80. The van der Waals surface area contributed by atoms with Crippen LogP contribution in [0, 0.1) is 6.92 Å². The number of ether oxygens (including phenoxy) is 1. The summed E-state index contributed by atoms with van der Waals surface area (Å²) in [5.74, 6) is 0.621. The van der Waals surface area contributed by atoms with E-state index in [1.54, 1.807) is 7.11 Å². The van der Waals surface area contributed by atoms with Gasteiger partial charge in [-0.2, -0.15) is 0 Å². The zero-order valence-corrected chi connectivity index (χ0v) is 11.0. The zero-order valence-electron chi connectivity index (χ0n) is 10.2. The highest BCUT2D eigenvalue weighted by molar-refractivity contribution is 6.30. The zero-order chi connectivity index (χ0) is 13.1. The van der Waals surface area contributed by atoms with Gasteiger partial charge in [0.25, 0.3) is 0 Å². The first kappa shape index (κ1) is 12.7. The van der Waals surface area contributed by atoms with Crippen molar-refractivity contribution in [2.75, 3.05) is 7.11 Å². The van der Waals surface area contributed by atoms with E-state index in [2.05, 4.69) is 0 Å². The number of carbonyl (C=O) groups is 1.